The lowest BCUT2D eigenvalue weighted by Gasteiger charge is -2.10. The summed E-state index contributed by atoms with van der Waals surface area (Å²) in [4.78, 5) is 23.7. The lowest BCUT2D eigenvalue weighted by Crippen LogP contribution is -2.12. The third-order valence-electron chi connectivity index (χ3n) is 4.41. The van der Waals surface area contributed by atoms with E-state index in [0.29, 0.717) is 22.9 Å². The molecule has 27 heavy (non-hydrogen) atoms. The predicted molar refractivity (Wildman–Crippen MR) is 102 cm³/mol. The van der Waals surface area contributed by atoms with Crippen LogP contribution in [0.1, 0.15) is 23.5 Å². The standard InChI is InChI=1S/C21H19ClO5/c1-25-19-11-13(8-10-20(23)26-2)7-9-18(19)27-21(24)16-12-15(16)14-5-3-4-6-17(14)22/h3-11,15-16H,12H2,1-2H3/b10-8+. The van der Waals surface area contributed by atoms with Gasteiger partial charge < -0.3 is 14.2 Å². The van der Waals surface area contributed by atoms with Crippen molar-refractivity contribution in [2.75, 3.05) is 14.2 Å². The van der Waals surface area contributed by atoms with Gasteiger partial charge in [0.2, 0.25) is 0 Å². The zero-order valence-corrected chi connectivity index (χ0v) is 15.7. The molecule has 2 aromatic carbocycles. The molecule has 5 nitrogen and oxygen atoms in total. The molecule has 0 heterocycles. The van der Waals surface area contributed by atoms with Crippen molar-refractivity contribution in [3.05, 3.63) is 64.7 Å². The first kappa shape index (κ1) is 19.0. The molecule has 1 aliphatic carbocycles. The molecule has 2 unspecified atom stereocenters. The van der Waals surface area contributed by atoms with Crippen LogP contribution in [0.3, 0.4) is 0 Å². The number of esters is 2. The van der Waals surface area contributed by atoms with Crippen LogP contribution in [0, 0.1) is 5.92 Å². The van der Waals surface area contributed by atoms with E-state index in [-0.39, 0.29) is 17.8 Å². The van der Waals surface area contributed by atoms with Crippen molar-refractivity contribution >= 4 is 29.6 Å². The Morgan fingerprint density at radius 2 is 1.89 bits per heavy atom. The number of benzene rings is 2. The summed E-state index contributed by atoms with van der Waals surface area (Å²) in [5, 5.41) is 0.664. The molecule has 2 aromatic rings. The second-order valence-corrected chi connectivity index (χ2v) is 6.57. The van der Waals surface area contributed by atoms with Gasteiger partial charge in [-0.1, -0.05) is 35.9 Å². The van der Waals surface area contributed by atoms with Gasteiger partial charge in [0.1, 0.15) is 0 Å². The maximum atomic E-state index is 12.5. The van der Waals surface area contributed by atoms with E-state index in [1.807, 2.05) is 24.3 Å². The third kappa shape index (κ3) is 4.49. The zero-order valence-electron chi connectivity index (χ0n) is 15.0. The van der Waals surface area contributed by atoms with E-state index in [1.165, 1.54) is 20.3 Å². The Balaban J connectivity index is 1.69. The minimum atomic E-state index is -0.455. The van der Waals surface area contributed by atoms with Crippen LogP contribution in [0.25, 0.3) is 6.08 Å². The molecule has 0 radical (unpaired) electrons. The van der Waals surface area contributed by atoms with Crippen LogP contribution in [0.15, 0.2) is 48.5 Å². The van der Waals surface area contributed by atoms with E-state index in [1.54, 1.807) is 24.3 Å². The van der Waals surface area contributed by atoms with Gasteiger partial charge in [-0.15, -0.1) is 0 Å². The minimum Gasteiger partial charge on any atom is -0.493 e. The maximum absolute atomic E-state index is 12.5. The first-order valence-corrected chi connectivity index (χ1v) is 8.81. The summed E-state index contributed by atoms with van der Waals surface area (Å²) in [6.07, 6.45) is 3.61. The summed E-state index contributed by atoms with van der Waals surface area (Å²) in [7, 11) is 2.80. The van der Waals surface area contributed by atoms with Crippen LogP contribution in [0.5, 0.6) is 11.5 Å². The van der Waals surface area contributed by atoms with Gasteiger partial charge in [-0.05, 0) is 47.7 Å². The van der Waals surface area contributed by atoms with Crippen molar-refractivity contribution in [2.45, 2.75) is 12.3 Å². The Labute approximate surface area is 162 Å². The molecule has 1 saturated carbocycles. The quantitative estimate of drug-likeness (QED) is 0.422. The van der Waals surface area contributed by atoms with Gasteiger partial charge in [-0.3, -0.25) is 4.79 Å². The molecule has 140 valence electrons. The van der Waals surface area contributed by atoms with Gasteiger partial charge in [-0.2, -0.15) is 0 Å². The van der Waals surface area contributed by atoms with Crippen LogP contribution in [0.2, 0.25) is 5.02 Å². The number of hydrogen-bond donors (Lipinski definition) is 0. The van der Waals surface area contributed by atoms with E-state index >= 15 is 0 Å². The molecule has 1 aliphatic rings. The van der Waals surface area contributed by atoms with Crippen LogP contribution >= 0.6 is 11.6 Å². The highest BCUT2D eigenvalue weighted by molar-refractivity contribution is 6.31. The van der Waals surface area contributed by atoms with Gasteiger partial charge in [0, 0.05) is 11.1 Å². The highest BCUT2D eigenvalue weighted by Crippen LogP contribution is 2.50. The summed E-state index contributed by atoms with van der Waals surface area (Å²) in [5.74, 6) is -0.152. The van der Waals surface area contributed by atoms with Crippen molar-refractivity contribution < 1.29 is 23.8 Å². The lowest BCUT2D eigenvalue weighted by atomic mass is 10.1. The second-order valence-electron chi connectivity index (χ2n) is 6.16. The smallest absolute Gasteiger partial charge is 0.330 e. The molecule has 2 atom stereocenters. The van der Waals surface area contributed by atoms with Gasteiger partial charge in [0.25, 0.3) is 0 Å². The number of ether oxygens (including phenoxy) is 3. The average molecular weight is 387 g/mol. The topological polar surface area (TPSA) is 61.8 Å². The average Bonchev–Trinajstić information content (AvgIpc) is 3.48. The molecule has 6 heteroatoms. The van der Waals surface area contributed by atoms with Crippen molar-refractivity contribution in [1.29, 1.82) is 0 Å². The highest BCUT2D eigenvalue weighted by atomic mass is 35.5. The SMILES string of the molecule is COC(=O)/C=C/c1ccc(OC(=O)C2CC2c2ccccc2Cl)c(OC)c1. The van der Waals surface area contributed by atoms with Crippen LogP contribution in [-0.2, 0) is 14.3 Å². The van der Waals surface area contributed by atoms with E-state index in [0.717, 1.165) is 11.1 Å². The van der Waals surface area contributed by atoms with Crippen molar-refractivity contribution in [3.8, 4) is 11.5 Å². The van der Waals surface area contributed by atoms with Crippen molar-refractivity contribution in [1.82, 2.24) is 0 Å². The number of carbonyl (C=O) groups is 2. The van der Waals surface area contributed by atoms with Gasteiger partial charge in [-0.25, -0.2) is 4.79 Å². The number of methoxy groups -OCH3 is 2. The summed E-state index contributed by atoms with van der Waals surface area (Å²) < 4.78 is 15.4. The summed E-state index contributed by atoms with van der Waals surface area (Å²) >= 11 is 6.21. The van der Waals surface area contributed by atoms with E-state index in [2.05, 4.69) is 4.74 Å². The Kier molecular flexibility index (Phi) is 5.81. The molecular formula is C21H19ClO5. The first-order valence-electron chi connectivity index (χ1n) is 8.43. The molecule has 0 amide bonds. The minimum absolute atomic E-state index is 0.0828. The molecular weight excluding hydrogens is 368 g/mol. The molecule has 0 aliphatic heterocycles. The van der Waals surface area contributed by atoms with Gasteiger partial charge in [0.15, 0.2) is 11.5 Å². The molecule has 1 fully saturated rings. The van der Waals surface area contributed by atoms with E-state index < -0.39 is 5.97 Å². The normalized spacial score (nSPS) is 18.2. The molecule has 0 aromatic heterocycles. The number of carbonyl (C=O) groups excluding carboxylic acids is 2. The van der Waals surface area contributed by atoms with Crippen molar-refractivity contribution in [2.24, 2.45) is 5.92 Å². The molecule has 3 rings (SSSR count). The van der Waals surface area contributed by atoms with Crippen molar-refractivity contribution in [3.63, 3.8) is 0 Å². The third-order valence-corrected chi connectivity index (χ3v) is 4.75. The van der Waals surface area contributed by atoms with Crippen LogP contribution < -0.4 is 9.47 Å². The number of halogens is 1. The van der Waals surface area contributed by atoms with Gasteiger partial charge >= 0.3 is 11.9 Å². The monoisotopic (exact) mass is 386 g/mol. The Bertz CT molecular complexity index is 890. The molecule has 0 bridgehead atoms. The van der Waals surface area contributed by atoms with Crippen LogP contribution in [0.4, 0.5) is 0 Å². The van der Waals surface area contributed by atoms with Gasteiger partial charge in [0.05, 0.1) is 20.1 Å². The van der Waals surface area contributed by atoms with Crippen LogP contribution in [-0.4, -0.2) is 26.2 Å². The lowest BCUT2D eigenvalue weighted by molar-refractivity contribution is -0.136. The zero-order chi connectivity index (χ0) is 19.4. The van der Waals surface area contributed by atoms with E-state index in [9.17, 15) is 9.59 Å². The highest BCUT2D eigenvalue weighted by Gasteiger charge is 2.46. The fourth-order valence-electron chi connectivity index (χ4n) is 2.86. The number of rotatable bonds is 6. The largest absolute Gasteiger partial charge is 0.493 e. The summed E-state index contributed by atoms with van der Waals surface area (Å²) in [6, 6.07) is 12.6. The predicted octanol–water partition coefficient (Wildman–Crippen LogP) is 4.24. The van der Waals surface area contributed by atoms with E-state index in [4.69, 9.17) is 21.1 Å². The Morgan fingerprint density at radius 1 is 1.11 bits per heavy atom. The fraction of sp³-hybridized carbons (Fsp3) is 0.238. The Hall–Kier alpha value is -2.79. The maximum Gasteiger partial charge on any atom is 0.330 e. The molecule has 0 saturated heterocycles. The molecule has 0 spiro atoms. The Morgan fingerprint density at radius 3 is 2.59 bits per heavy atom. The number of hydrogen-bond acceptors (Lipinski definition) is 5. The first-order chi connectivity index (χ1) is 13.0. The second kappa shape index (κ2) is 8.27. The fourth-order valence-corrected chi connectivity index (χ4v) is 3.14. The molecule has 0 N–H and O–H groups in total. The summed E-state index contributed by atoms with van der Waals surface area (Å²) in [6.45, 7) is 0. The summed E-state index contributed by atoms with van der Waals surface area (Å²) in [5.41, 5.74) is 1.69.